The molecule has 1 aromatic carbocycles. The van der Waals surface area contributed by atoms with Gasteiger partial charge in [-0.25, -0.2) is 4.98 Å². The van der Waals surface area contributed by atoms with E-state index >= 15 is 0 Å². The van der Waals surface area contributed by atoms with E-state index in [9.17, 15) is 4.79 Å². The Morgan fingerprint density at radius 3 is 2.86 bits per heavy atom. The SMILES string of the molecule is CCCCN(C)C(=O)Cc1nc(-c2cccc(Br)c2)oc1C. The molecule has 0 atom stereocenters. The highest BCUT2D eigenvalue weighted by atomic mass is 79.9. The third-order valence-electron chi connectivity index (χ3n) is 3.56. The molecular weight excluding hydrogens is 344 g/mol. The van der Waals surface area contributed by atoms with E-state index in [0.717, 1.165) is 29.4 Å². The molecule has 0 radical (unpaired) electrons. The lowest BCUT2D eigenvalue weighted by Crippen LogP contribution is -2.29. The summed E-state index contributed by atoms with van der Waals surface area (Å²) in [7, 11) is 1.84. The molecule has 0 unspecified atom stereocenters. The Kier molecular flexibility index (Phi) is 5.77. The van der Waals surface area contributed by atoms with Crippen molar-refractivity contribution in [2.24, 2.45) is 0 Å². The highest BCUT2D eigenvalue weighted by Crippen LogP contribution is 2.24. The highest BCUT2D eigenvalue weighted by Gasteiger charge is 2.17. The molecule has 0 aliphatic rings. The fraction of sp³-hybridized carbons (Fsp3) is 0.412. The predicted molar refractivity (Wildman–Crippen MR) is 90.6 cm³/mol. The summed E-state index contributed by atoms with van der Waals surface area (Å²) in [5.74, 6) is 1.33. The number of carbonyl (C=O) groups is 1. The van der Waals surface area contributed by atoms with Gasteiger partial charge < -0.3 is 9.32 Å². The Hall–Kier alpha value is -1.62. The average Bonchev–Trinajstić information content (AvgIpc) is 2.86. The van der Waals surface area contributed by atoms with Gasteiger partial charge in [0.2, 0.25) is 11.8 Å². The predicted octanol–water partition coefficient (Wildman–Crippen LogP) is 4.21. The van der Waals surface area contributed by atoms with Crippen molar-refractivity contribution in [1.82, 2.24) is 9.88 Å². The summed E-state index contributed by atoms with van der Waals surface area (Å²) < 4.78 is 6.68. The van der Waals surface area contributed by atoms with Gasteiger partial charge in [0.25, 0.3) is 0 Å². The van der Waals surface area contributed by atoms with Gasteiger partial charge in [-0.05, 0) is 31.5 Å². The molecule has 0 saturated heterocycles. The zero-order valence-electron chi connectivity index (χ0n) is 13.2. The van der Waals surface area contributed by atoms with Gasteiger partial charge in [-0.15, -0.1) is 0 Å². The van der Waals surface area contributed by atoms with Crippen LogP contribution in [0.25, 0.3) is 11.5 Å². The van der Waals surface area contributed by atoms with E-state index < -0.39 is 0 Å². The Balaban J connectivity index is 2.12. The number of halogens is 1. The van der Waals surface area contributed by atoms with E-state index in [1.165, 1.54) is 0 Å². The van der Waals surface area contributed by atoms with Crippen molar-refractivity contribution in [3.05, 3.63) is 40.2 Å². The minimum Gasteiger partial charge on any atom is -0.441 e. The average molecular weight is 365 g/mol. The minimum absolute atomic E-state index is 0.0747. The first-order valence-corrected chi connectivity index (χ1v) is 8.26. The highest BCUT2D eigenvalue weighted by molar-refractivity contribution is 9.10. The van der Waals surface area contributed by atoms with E-state index in [1.54, 1.807) is 4.90 Å². The molecule has 5 heteroatoms. The molecule has 2 aromatic rings. The number of rotatable bonds is 6. The molecule has 0 bridgehead atoms. The molecule has 1 aromatic heterocycles. The molecule has 0 fully saturated rings. The molecule has 0 aliphatic heterocycles. The van der Waals surface area contributed by atoms with Gasteiger partial charge in [-0.2, -0.15) is 0 Å². The molecule has 0 spiro atoms. The third-order valence-corrected chi connectivity index (χ3v) is 4.05. The first-order chi connectivity index (χ1) is 10.5. The summed E-state index contributed by atoms with van der Waals surface area (Å²) in [5, 5.41) is 0. The molecule has 0 N–H and O–H groups in total. The fourth-order valence-electron chi connectivity index (χ4n) is 2.14. The summed E-state index contributed by atoms with van der Waals surface area (Å²) in [5.41, 5.74) is 1.61. The van der Waals surface area contributed by atoms with Gasteiger partial charge in [0, 0.05) is 23.6 Å². The van der Waals surface area contributed by atoms with Gasteiger partial charge in [0.15, 0.2) is 0 Å². The monoisotopic (exact) mass is 364 g/mol. The number of hydrogen-bond donors (Lipinski definition) is 0. The van der Waals surface area contributed by atoms with Crippen molar-refractivity contribution >= 4 is 21.8 Å². The van der Waals surface area contributed by atoms with Crippen molar-refractivity contribution < 1.29 is 9.21 Å². The van der Waals surface area contributed by atoms with Crippen LogP contribution in [0.5, 0.6) is 0 Å². The molecule has 118 valence electrons. The van der Waals surface area contributed by atoms with Gasteiger partial charge in [-0.3, -0.25) is 4.79 Å². The van der Waals surface area contributed by atoms with Crippen molar-refractivity contribution in [3.63, 3.8) is 0 Å². The van der Waals surface area contributed by atoms with Crippen LogP contribution in [0, 0.1) is 6.92 Å². The smallest absolute Gasteiger partial charge is 0.228 e. The number of hydrogen-bond acceptors (Lipinski definition) is 3. The summed E-state index contributed by atoms with van der Waals surface area (Å²) >= 11 is 3.44. The lowest BCUT2D eigenvalue weighted by atomic mass is 10.2. The largest absolute Gasteiger partial charge is 0.441 e. The number of carbonyl (C=O) groups excluding carboxylic acids is 1. The Labute approximate surface area is 139 Å². The standard InChI is InChI=1S/C17H21BrN2O2/c1-4-5-9-20(3)16(21)11-15-12(2)22-17(19-15)13-7-6-8-14(18)10-13/h6-8,10H,4-5,9,11H2,1-3H3. The Morgan fingerprint density at radius 2 is 2.18 bits per heavy atom. The topological polar surface area (TPSA) is 46.3 Å². The van der Waals surface area contributed by atoms with Crippen molar-refractivity contribution in [3.8, 4) is 11.5 Å². The lowest BCUT2D eigenvalue weighted by Gasteiger charge is -2.15. The molecule has 4 nitrogen and oxygen atoms in total. The van der Waals surface area contributed by atoms with Crippen LogP contribution in [-0.4, -0.2) is 29.4 Å². The molecular formula is C17H21BrN2O2. The number of oxazole rings is 1. The van der Waals surface area contributed by atoms with Crippen LogP contribution in [0.1, 0.15) is 31.2 Å². The summed E-state index contributed by atoms with van der Waals surface area (Å²) in [6.45, 7) is 4.75. The Bertz CT molecular complexity index is 652. The zero-order chi connectivity index (χ0) is 16.1. The molecule has 0 saturated carbocycles. The molecule has 2 rings (SSSR count). The maximum atomic E-state index is 12.2. The molecule has 0 aliphatic carbocycles. The van der Waals surface area contributed by atoms with Gasteiger partial charge in [-0.1, -0.05) is 35.3 Å². The Morgan fingerprint density at radius 1 is 1.41 bits per heavy atom. The lowest BCUT2D eigenvalue weighted by molar-refractivity contribution is -0.129. The number of unbranched alkanes of at least 4 members (excludes halogenated alkanes) is 1. The van der Waals surface area contributed by atoms with Crippen LogP contribution >= 0.6 is 15.9 Å². The number of aromatic nitrogens is 1. The maximum Gasteiger partial charge on any atom is 0.228 e. The van der Waals surface area contributed by atoms with Crippen molar-refractivity contribution in [2.45, 2.75) is 33.1 Å². The van der Waals surface area contributed by atoms with Crippen LogP contribution in [0.4, 0.5) is 0 Å². The van der Waals surface area contributed by atoms with Crippen LogP contribution < -0.4 is 0 Å². The quantitative estimate of drug-likeness (QED) is 0.770. The number of aryl methyl sites for hydroxylation is 1. The first kappa shape index (κ1) is 16.7. The third kappa shape index (κ3) is 4.19. The summed E-state index contributed by atoms with van der Waals surface area (Å²) in [6, 6.07) is 7.77. The van der Waals surface area contributed by atoms with E-state index in [-0.39, 0.29) is 12.3 Å². The van der Waals surface area contributed by atoms with Crippen LogP contribution in [-0.2, 0) is 11.2 Å². The number of benzene rings is 1. The van der Waals surface area contributed by atoms with E-state index in [1.807, 2.05) is 38.2 Å². The van der Waals surface area contributed by atoms with Crippen molar-refractivity contribution in [1.29, 1.82) is 0 Å². The second kappa shape index (κ2) is 7.58. The van der Waals surface area contributed by atoms with Crippen LogP contribution in [0.3, 0.4) is 0 Å². The van der Waals surface area contributed by atoms with E-state index in [0.29, 0.717) is 17.3 Å². The second-order valence-electron chi connectivity index (χ2n) is 5.38. The molecule has 1 heterocycles. The maximum absolute atomic E-state index is 12.2. The van der Waals surface area contributed by atoms with E-state index in [4.69, 9.17) is 4.42 Å². The van der Waals surface area contributed by atoms with E-state index in [2.05, 4.69) is 27.8 Å². The van der Waals surface area contributed by atoms with Crippen molar-refractivity contribution in [2.75, 3.05) is 13.6 Å². The number of nitrogens with zero attached hydrogens (tertiary/aromatic N) is 2. The summed E-state index contributed by atoms with van der Waals surface area (Å²) in [6.07, 6.45) is 2.38. The summed E-state index contributed by atoms with van der Waals surface area (Å²) in [4.78, 5) is 18.5. The molecule has 1 amide bonds. The normalized spacial score (nSPS) is 10.7. The zero-order valence-corrected chi connectivity index (χ0v) is 14.8. The van der Waals surface area contributed by atoms with Crippen LogP contribution in [0.15, 0.2) is 33.2 Å². The minimum atomic E-state index is 0.0747. The first-order valence-electron chi connectivity index (χ1n) is 7.47. The van der Waals surface area contributed by atoms with Crippen LogP contribution in [0.2, 0.25) is 0 Å². The fourth-order valence-corrected chi connectivity index (χ4v) is 2.53. The second-order valence-corrected chi connectivity index (χ2v) is 6.29. The van der Waals surface area contributed by atoms with Gasteiger partial charge >= 0.3 is 0 Å². The molecule has 22 heavy (non-hydrogen) atoms. The van der Waals surface area contributed by atoms with Gasteiger partial charge in [0.05, 0.1) is 12.1 Å². The van der Waals surface area contributed by atoms with Gasteiger partial charge in [0.1, 0.15) is 5.76 Å². The number of likely N-dealkylation sites (N-methyl/N-ethyl adjacent to an activating group) is 1. The number of amides is 1.